The Balaban J connectivity index is 4.04. The highest BCUT2D eigenvalue weighted by Crippen LogP contribution is 2.17. The normalized spacial score (nSPS) is 15.1. The largest absolute Gasteiger partial charge is 0.478 e. The molecule has 0 unspecified atom stereocenters. The lowest BCUT2D eigenvalue weighted by Gasteiger charge is -2.10. The predicted octanol–water partition coefficient (Wildman–Crippen LogP) is 3.32. The van der Waals surface area contributed by atoms with E-state index in [-0.39, 0.29) is 6.61 Å². The Morgan fingerprint density at radius 3 is 2.56 bits per heavy atom. The predicted molar refractivity (Wildman–Crippen MR) is 74.4 cm³/mol. The summed E-state index contributed by atoms with van der Waals surface area (Å²) in [5, 5.41) is 17.2. The van der Waals surface area contributed by atoms with Crippen molar-refractivity contribution in [1.82, 2.24) is 0 Å². The minimum absolute atomic E-state index is 0.0746. The van der Waals surface area contributed by atoms with Gasteiger partial charge in [0.2, 0.25) is 0 Å². The molecule has 0 saturated carbocycles. The van der Waals surface area contributed by atoms with E-state index in [1.54, 1.807) is 12.2 Å². The summed E-state index contributed by atoms with van der Waals surface area (Å²) in [6.45, 7) is 6.29. The van der Waals surface area contributed by atoms with Crippen LogP contribution >= 0.6 is 0 Å². The molecule has 0 aliphatic heterocycles. The number of carbonyl (C=O) groups is 1. The van der Waals surface area contributed by atoms with Gasteiger partial charge in [0.05, 0.1) is 6.61 Å². The van der Waals surface area contributed by atoms with Gasteiger partial charge in [0, 0.05) is 6.08 Å². The number of rotatable bonds is 8. The van der Waals surface area contributed by atoms with Crippen molar-refractivity contribution in [2.45, 2.75) is 40.0 Å². The van der Waals surface area contributed by atoms with Gasteiger partial charge < -0.3 is 10.2 Å². The summed E-state index contributed by atoms with van der Waals surface area (Å²) in [6, 6.07) is 0. The fourth-order valence-electron chi connectivity index (χ4n) is 1.87. The molecule has 0 amide bonds. The Kier molecular flexibility index (Phi) is 8.93. The Morgan fingerprint density at radius 1 is 1.33 bits per heavy atom. The van der Waals surface area contributed by atoms with Gasteiger partial charge in [0.25, 0.3) is 0 Å². The number of carboxylic acids is 1. The molecule has 0 heterocycles. The molecule has 0 fully saturated rings. The summed E-state index contributed by atoms with van der Waals surface area (Å²) in [5.74, 6) is -0.356. The molecule has 0 aromatic rings. The first-order valence-corrected chi connectivity index (χ1v) is 6.30. The van der Waals surface area contributed by atoms with E-state index in [9.17, 15) is 4.79 Å². The van der Waals surface area contributed by atoms with Crippen LogP contribution in [0.25, 0.3) is 0 Å². The van der Waals surface area contributed by atoms with Gasteiger partial charge in [0.15, 0.2) is 0 Å². The van der Waals surface area contributed by atoms with Crippen molar-refractivity contribution in [3.8, 4) is 0 Å². The van der Waals surface area contributed by atoms with Crippen LogP contribution in [0, 0.1) is 5.92 Å². The van der Waals surface area contributed by atoms with Gasteiger partial charge in [-0.15, -0.1) is 0 Å². The zero-order valence-corrected chi connectivity index (χ0v) is 11.5. The maximum Gasteiger partial charge on any atom is 0.327 e. The maximum atomic E-state index is 10.3. The topological polar surface area (TPSA) is 57.5 Å². The lowest BCUT2D eigenvalue weighted by Crippen LogP contribution is -1.95. The van der Waals surface area contributed by atoms with Gasteiger partial charge in [-0.05, 0) is 39.0 Å². The van der Waals surface area contributed by atoms with Crippen molar-refractivity contribution in [2.24, 2.45) is 5.92 Å². The second-order valence-corrected chi connectivity index (χ2v) is 4.75. The molecule has 3 heteroatoms. The van der Waals surface area contributed by atoms with Crippen molar-refractivity contribution in [2.75, 3.05) is 6.61 Å². The number of hydrogen-bond donors (Lipinski definition) is 2. The molecule has 18 heavy (non-hydrogen) atoms. The van der Waals surface area contributed by atoms with E-state index in [0.29, 0.717) is 5.92 Å². The third-order valence-electron chi connectivity index (χ3n) is 2.64. The van der Waals surface area contributed by atoms with E-state index in [1.165, 1.54) is 11.6 Å². The third kappa shape index (κ3) is 9.85. The quantitative estimate of drug-likeness (QED) is 0.514. The zero-order chi connectivity index (χ0) is 14.0. The monoisotopic (exact) mass is 252 g/mol. The van der Waals surface area contributed by atoms with Gasteiger partial charge in [-0.3, -0.25) is 0 Å². The molecule has 0 rings (SSSR count). The fourth-order valence-corrected chi connectivity index (χ4v) is 1.87. The van der Waals surface area contributed by atoms with Crippen LogP contribution in [-0.2, 0) is 4.79 Å². The van der Waals surface area contributed by atoms with E-state index in [2.05, 4.69) is 19.9 Å². The highest BCUT2D eigenvalue weighted by molar-refractivity contribution is 5.79. The molecule has 0 aliphatic carbocycles. The second kappa shape index (κ2) is 9.66. The van der Waals surface area contributed by atoms with Crippen LogP contribution < -0.4 is 0 Å². The molecule has 0 aliphatic rings. The van der Waals surface area contributed by atoms with Crippen molar-refractivity contribution < 1.29 is 15.0 Å². The van der Waals surface area contributed by atoms with Crippen LogP contribution in [-0.4, -0.2) is 22.8 Å². The molecule has 0 radical (unpaired) electrons. The fraction of sp³-hybridized carbons (Fsp3) is 0.533. The molecule has 0 bridgehead atoms. The average molecular weight is 252 g/mol. The summed E-state index contributed by atoms with van der Waals surface area (Å²) < 4.78 is 0. The first-order valence-electron chi connectivity index (χ1n) is 6.30. The summed E-state index contributed by atoms with van der Waals surface area (Å²) in [7, 11) is 0. The molecule has 0 aromatic carbocycles. The van der Waals surface area contributed by atoms with E-state index in [1.807, 2.05) is 6.92 Å². The number of carboxylic acid groups (broad SMARTS) is 1. The molecule has 0 saturated heterocycles. The highest BCUT2D eigenvalue weighted by Gasteiger charge is 2.02. The molecule has 0 aromatic heterocycles. The van der Waals surface area contributed by atoms with Crippen LogP contribution in [0.2, 0.25) is 0 Å². The lowest BCUT2D eigenvalue weighted by atomic mass is 9.96. The van der Waals surface area contributed by atoms with E-state index < -0.39 is 5.97 Å². The van der Waals surface area contributed by atoms with Crippen molar-refractivity contribution in [1.29, 1.82) is 0 Å². The minimum Gasteiger partial charge on any atom is -0.478 e. The van der Waals surface area contributed by atoms with Gasteiger partial charge in [0.1, 0.15) is 0 Å². The van der Waals surface area contributed by atoms with Gasteiger partial charge in [-0.25, -0.2) is 4.79 Å². The van der Waals surface area contributed by atoms with E-state index in [4.69, 9.17) is 10.2 Å². The Bertz CT molecular complexity index is 338. The van der Waals surface area contributed by atoms with E-state index >= 15 is 0 Å². The smallest absolute Gasteiger partial charge is 0.327 e. The second-order valence-electron chi connectivity index (χ2n) is 4.75. The third-order valence-corrected chi connectivity index (χ3v) is 2.64. The standard InChI is InChI=1S/C15H24O3/c1-12(6-4-5-7-15(17)18)10-14(3)11-13(2)8-9-16/h5,7-8,11-12,16H,4,6,9-10H2,1-3H3,(H,17,18)/b7-5+,13-8+,14-11+/t12-/m1/s1. The highest BCUT2D eigenvalue weighted by atomic mass is 16.4. The summed E-state index contributed by atoms with van der Waals surface area (Å²) in [5.41, 5.74) is 2.36. The SMILES string of the molecule is CC(=C\CO)/C=C(\C)C[C@H](C)CC/C=C/C(=O)O. The van der Waals surface area contributed by atoms with Crippen molar-refractivity contribution >= 4 is 5.97 Å². The Labute approximate surface area is 110 Å². The number of aliphatic carboxylic acids is 1. The van der Waals surface area contributed by atoms with Crippen LogP contribution in [0.1, 0.15) is 40.0 Å². The first kappa shape index (κ1) is 16.6. The zero-order valence-electron chi connectivity index (χ0n) is 11.5. The number of hydrogen-bond acceptors (Lipinski definition) is 2. The average Bonchev–Trinajstić information content (AvgIpc) is 2.24. The molecule has 1 atom stereocenters. The molecular weight excluding hydrogens is 228 g/mol. The van der Waals surface area contributed by atoms with Gasteiger partial charge in [-0.2, -0.15) is 0 Å². The molecular formula is C15H24O3. The minimum atomic E-state index is -0.886. The molecule has 3 nitrogen and oxygen atoms in total. The van der Waals surface area contributed by atoms with Crippen molar-refractivity contribution in [3.63, 3.8) is 0 Å². The number of aliphatic hydroxyl groups is 1. The molecule has 2 N–H and O–H groups in total. The lowest BCUT2D eigenvalue weighted by molar-refractivity contribution is -0.131. The van der Waals surface area contributed by atoms with Crippen LogP contribution in [0.5, 0.6) is 0 Å². The van der Waals surface area contributed by atoms with Crippen LogP contribution in [0.3, 0.4) is 0 Å². The van der Waals surface area contributed by atoms with Crippen LogP contribution in [0.4, 0.5) is 0 Å². The van der Waals surface area contributed by atoms with Gasteiger partial charge >= 0.3 is 5.97 Å². The Hall–Kier alpha value is -1.35. The summed E-state index contributed by atoms with van der Waals surface area (Å²) in [4.78, 5) is 10.3. The molecule has 102 valence electrons. The van der Waals surface area contributed by atoms with Gasteiger partial charge in [-0.1, -0.05) is 36.3 Å². The first-order chi connectivity index (χ1) is 8.45. The number of aliphatic hydroxyl groups excluding tert-OH is 1. The van der Waals surface area contributed by atoms with Crippen LogP contribution in [0.15, 0.2) is 35.5 Å². The summed E-state index contributed by atoms with van der Waals surface area (Å²) in [6.07, 6.45) is 9.55. The van der Waals surface area contributed by atoms with E-state index in [0.717, 1.165) is 24.8 Å². The Morgan fingerprint density at radius 2 is 2.00 bits per heavy atom. The molecule has 0 spiro atoms. The summed E-state index contributed by atoms with van der Waals surface area (Å²) >= 11 is 0. The number of allylic oxidation sites excluding steroid dienone is 4. The van der Waals surface area contributed by atoms with Crippen molar-refractivity contribution in [3.05, 3.63) is 35.5 Å². The maximum absolute atomic E-state index is 10.3.